The number of carbonyl (C=O) groups excluding carboxylic acids is 1. The minimum atomic E-state index is -0.205. The van der Waals surface area contributed by atoms with Gasteiger partial charge in [0.25, 0.3) is 0 Å². The first kappa shape index (κ1) is 25.8. The lowest BCUT2D eigenvalue weighted by Gasteiger charge is -2.30. The van der Waals surface area contributed by atoms with Crippen molar-refractivity contribution in [3.05, 3.63) is 88.6 Å². The number of carbonyl (C=O) groups is 1. The molecule has 196 valence electrons. The Bertz CT molecular complexity index is 1430. The van der Waals surface area contributed by atoms with Gasteiger partial charge >= 0.3 is 0 Å². The van der Waals surface area contributed by atoms with E-state index in [-0.39, 0.29) is 22.6 Å². The predicted octanol–water partition coefficient (Wildman–Crippen LogP) is 5.95. The van der Waals surface area contributed by atoms with Crippen LogP contribution in [0.15, 0.2) is 71.3 Å². The zero-order valence-corrected chi connectivity index (χ0v) is 21.9. The molecule has 1 saturated heterocycles. The molecule has 4 aromatic rings. The van der Waals surface area contributed by atoms with Crippen molar-refractivity contribution in [3.63, 3.8) is 0 Å². The maximum Gasteiger partial charge on any atom is 0.220 e. The zero-order chi connectivity index (χ0) is 26.6. The summed E-state index contributed by atoms with van der Waals surface area (Å²) in [6, 6.07) is 21.2. The number of primary amides is 1. The molecule has 5 rings (SSSR count). The summed E-state index contributed by atoms with van der Waals surface area (Å²) in [6.45, 7) is 4.66. The summed E-state index contributed by atoms with van der Waals surface area (Å²) in [5, 5.41) is 14.8. The second-order valence-corrected chi connectivity index (χ2v) is 10.1. The average Bonchev–Trinajstić information content (AvgIpc) is 3.31. The summed E-state index contributed by atoms with van der Waals surface area (Å²) in [7, 11) is 0. The number of benzene rings is 3. The molecule has 1 fully saturated rings. The van der Waals surface area contributed by atoms with Gasteiger partial charge in [-0.2, -0.15) is 0 Å². The normalized spacial score (nSPS) is 14.5. The third kappa shape index (κ3) is 5.69. The number of hydrogen-bond donors (Lipinski definition) is 2. The zero-order valence-electron chi connectivity index (χ0n) is 21.2. The molecule has 0 radical (unpaired) electrons. The van der Waals surface area contributed by atoms with Gasteiger partial charge in [0.05, 0.1) is 21.8 Å². The Morgan fingerprint density at radius 3 is 2.58 bits per heavy atom. The van der Waals surface area contributed by atoms with E-state index >= 15 is 0 Å². The van der Waals surface area contributed by atoms with E-state index in [0.717, 1.165) is 60.4 Å². The molecule has 7 nitrogen and oxygen atoms in total. The second-order valence-electron chi connectivity index (χ2n) is 9.70. The Balaban J connectivity index is 1.43. The fraction of sp³-hybridized carbons (Fsp3) is 0.267. The molecule has 2 heterocycles. The highest BCUT2D eigenvalue weighted by Gasteiger charge is 2.25. The van der Waals surface area contributed by atoms with Gasteiger partial charge in [0, 0.05) is 18.5 Å². The molecule has 38 heavy (non-hydrogen) atoms. The Labute approximate surface area is 226 Å². The minimum Gasteiger partial charge on any atom is -0.506 e. The third-order valence-electron chi connectivity index (χ3n) is 7.01. The number of piperidine rings is 1. The van der Waals surface area contributed by atoms with Crippen LogP contribution in [0.4, 0.5) is 0 Å². The number of aromatic nitrogens is 1. The number of ether oxygens (including phenoxy) is 1. The molecule has 1 amide bonds. The van der Waals surface area contributed by atoms with Gasteiger partial charge in [0.15, 0.2) is 5.76 Å². The lowest BCUT2D eigenvalue weighted by Crippen LogP contribution is -2.38. The lowest BCUT2D eigenvalue weighted by atomic mass is 9.95. The van der Waals surface area contributed by atoms with E-state index in [9.17, 15) is 9.90 Å². The molecule has 1 aromatic heterocycles. The minimum absolute atomic E-state index is 0.0322. The van der Waals surface area contributed by atoms with Gasteiger partial charge in [-0.25, -0.2) is 0 Å². The van der Waals surface area contributed by atoms with Crippen LogP contribution in [-0.4, -0.2) is 34.2 Å². The van der Waals surface area contributed by atoms with Crippen LogP contribution in [0, 0.1) is 12.8 Å². The van der Waals surface area contributed by atoms with E-state index in [2.05, 4.69) is 22.2 Å². The highest BCUT2D eigenvalue weighted by molar-refractivity contribution is 6.32. The molecule has 3 aromatic carbocycles. The van der Waals surface area contributed by atoms with Crippen LogP contribution in [0.1, 0.15) is 29.7 Å². The van der Waals surface area contributed by atoms with Crippen LogP contribution in [0.5, 0.6) is 11.5 Å². The van der Waals surface area contributed by atoms with Gasteiger partial charge in [0.1, 0.15) is 18.1 Å². The number of phenols is 1. The molecule has 3 N–H and O–H groups in total. The van der Waals surface area contributed by atoms with Crippen molar-refractivity contribution in [3.8, 4) is 33.9 Å². The standard InChI is InChI=1S/C30H30ClN3O4/c1-19-28(23-9-5-8-21(14-23)17-34-12-10-22(11-13-34)30(32)36)29(38-33-19)24-15-25(31)26(35)16-27(24)37-18-20-6-3-2-4-7-20/h2-9,14-16,22,35H,10-13,17-18H2,1H3,(H2,32,36). The number of rotatable bonds is 8. The number of aryl methyl sites for hydroxylation is 1. The van der Waals surface area contributed by atoms with Crippen molar-refractivity contribution >= 4 is 17.5 Å². The molecular weight excluding hydrogens is 502 g/mol. The van der Waals surface area contributed by atoms with E-state index in [0.29, 0.717) is 23.7 Å². The van der Waals surface area contributed by atoms with E-state index in [1.54, 1.807) is 6.07 Å². The molecule has 0 atom stereocenters. The number of amides is 1. The van der Waals surface area contributed by atoms with Crippen LogP contribution in [0.3, 0.4) is 0 Å². The molecule has 0 unspecified atom stereocenters. The Kier molecular flexibility index (Phi) is 7.67. The molecule has 1 aliphatic rings. The SMILES string of the molecule is Cc1noc(-c2cc(Cl)c(O)cc2OCc2ccccc2)c1-c1cccc(CN2CCC(C(N)=O)CC2)c1. The maximum absolute atomic E-state index is 11.5. The lowest BCUT2D eigenvalue weighted by molar-refractivity contribution is -0.123. The van der Waals surface area contributed by atoms with Crippen molar-refractivity contribution in [2.24, 2.45) is 11.7 Å². The summed E-state index contributed by atoms with van der Waals surface area (Å²) < 4.78 is 11.9. The molecule has 8 heteroatoms. The van der Waals surface area contributed by atoms with Crippen molar-refractivity contribution in [1.82, 2.24) is 10.1 Å². The van der Waals surface area contributed by atoms with Gasteiger partial charge in [-0.3, -0.25) is 9.69 Å². The monoisotopic (exact) mass is 531 g/mol. The summed E-state index contributed by atoms with van der Waals surface area (Å²) in [6.07, 6.45) is 1.58. The largest absolute Gasteiger partial charge is 0.506 e. The van der Waals surface area contributed by atoms with E-state index in [1.807, 2.05) is 49.4 Å². The number of nitrogens with zero attached hydrogens (tertiary/aromatic N) is 2. The van der Waals surface area contributed by atoms with E-state index < -0.39 is 0 Å². The van der Waals surface area contributed by atoms with Crippen molar-refractivity contribution in [2.45, 2.75) is 32.9 Å². The summed E-state index contributed by atoms with van der Waals surface area (Å²) in [5.74, 6) is 0.658. The highest BCUT2D eigenvalue weighted by atomic mass is 35.5. The van der Waals surface area contributed by atoms with Crippen LogP contribution < -0.4 is 10.5 Å². The predicted molar refractivity (Wildman–Crippen MR) is 147 cm³/mol. The fourth-order valence-electron chi connectivity index (χ4n) is 4.93. The molecule has 1 aliphatic heterocycles. The second kappa shape index (κ2) is 11.3. The smallest absolute Gasteiger partial charge is 0.220 e. The fourth-order valence-corrected chi connectivity index (χ4v) is 5.09. The number of nitrogens with two attached hydrogens (primary N) is 1. The van der Waals surface area contributed by atoms with Crippen molar-refractivity contribution in [2.75, 3.05) is 13.1 Å². The number of aromatic hydroxyl groups is 1. The van der Waals surface area contributed by atoms with Gasteiger partial charge in [-0.15, -0.1) is 0 Å². The number of likely N-dealkylation sites (tertiary alicyclic amines) is 1. The van der Waals surface area contributed by atoms with Crippen LogP contribution >= 0.6 is 11.6 Å². The molecule has 0 saturated carbocycles. The van der Waals surface area contributed by atoms with Crippen molar-refractivity contribution in [1.29, 1.82) is 0 Å². The van der Waals surface area contributed by atoms with Gasteiger partial charge in [0.2, 0.25) is 5.91 Å². The molecule has 0 spiro atoms. The molecule has 0 bridgehead atoms. The van der Waals surface area contributed by atoms with Gasteiger partial charge < -0.3 is 20.1 Å². The third-order valence-corrected chi connectivity index (χ3v) is 7.31. The van der Waals surface area contributed by atoms with Gasteiger partial charge in [-0.1, -0.05) is 65.3 Å². The summed E-state index contributed by atoms with van der Waals surface area (Å²) in [4.78, 5) is 13.9. The maximum atomic E-state index is 11.5. The molecular formula is C30H30ClN3O4. The van der Waals surface area contributed by atoms with E-state index in [1.165, 1.54) is 6.07 Å². The Morgan fingerprint density at radius 1 is 1.11 bits per heavy atom. The Hall–Kier alpha value is -3.81. The first-order valence-corrected chi connectivity index (χ1v) is 13.0. The van der Waals surface area contributed by atoms with Crippen LogP contribution in [0.25, 0.3) is 22.5 Å². The van der Waals surface area contributed by atoms with Crippen LogP contribution in [-0.2, 0) is 17.9 Å². The average molecular weight is 532 g/mol. The summed E-state index contributed by atoms with van der Waals surface area (Å²) in [5.41, 5.74) is 10.8. The topological polar surface area (TPSA) is 102 Å². The quantitative estimate of drug-likeness (QED) is 0.291. The first-order chi connectivity index (χ1) is 18.4. The number of hydrogen-bond acceptors (Lipinski definition) is 6. The molecule has 0 aliphatic carbocycles. The van der Waals surface area contributed by atoms with Crippen molar-refractivity contribution < 1.29 is 19.2 Å². The number of halogens is 1. The summed E-state index contributed by atoms with van der Waals surface area (Å²) >= 11 is 6.32. The number of phenolic OH excluding ortho intramolecular Hbond substituents is 1. The highest BCUT2D eigenvalue weighted by Crippen LogP contribution is 2.43. The van der Waals surface area contributed by atoms with Crippen LogP contribution in [0.2, 0.25) is 5.02 Å². The van der Waals surface area contributed by atoms with Gasteiger partial charge in [-0.05, 0) is 61.7 Å². The first-order valence-electron chi connectivity index (χ1n) is 12.7. The Morgan fingerprint density at radius 2 is 1.84 bits per heavy atom. The van der Waals surface area contributed by atoms with E-state index in [4.69, 9.17) is 26.6 Å².